The molecule has 0 bridgehead atoms. The number of carbonyl (C=O) groups is 3. The molecule has 1 aliphatic rings. The van der Waals surface area contributed by atoms with Crippen LogP contribution >= 0.6 is 11.6 Å². The second kappa shape index (κ2) is 14.7. The van der Waals surface area contributed by atoms with Crippen molar-refractivity contribution in [1.82, 2.24) is 15.5 Å². The fraction of sp³-hybridized carbons (Fsp3) is 0.464. The average Bonchev–Trinajstić information content (AvgIpc) is 2.92. The Hall–Kier alpha value is -3.65. The molecule has 2 unspecified atom stereocenters. The summed E-state index contributed by atoms with van der Waals surface area (Å²) < 4.78 is 67.6. The van der Waals surface area contributed by atoms with Crippen LogP contribution in [0, 0.1) is 17.6 Å². The number of nitrogens with zero attached hydrogens (tertiary/aromatic N) is 2. The molecule has 2 aromatic rings. The van der Waals surface area contributed by atoms with Gasteiger partial charge in [0.25, 0.3) is 5.91 Å². The smallest absolute Gasteiger partial charge is 0.404 e. The number of alkyl halides is 3. The van der Waals surface area contributed by atoms with Crippen LogP contribution in [0.2, 0.25) is 5.02 Å². The van der Waals surface area contributed by atoms with E-state index in [9.17, 15) is 36.3 Å². The zero-order valence-corrected chi connectivity index (χ0v) is 24.3. The van der Waals surface area contributed by atoms with Crippen LogP contribution in [0.3, 0.4) is 0 Å². The summed E-state index contributed by atoms with van der Waals surface area (Å²) in [6.07, 6.45) is -6.20. The van der Waals surface area contributed by atoms with Crippen LogP contribution in [-0.4, -0.2) is 72.9 Å². The third-order valence-electron chi connectivity index (χ3n) is 7.02. The van der Waals surface area contributed by atoms with E-state index in [1.807, 2.05) is 4.90 Å². The number of anilines is 2. The molecular formula is C28H33ClF5N5O4. The minimum absolute atomic E-state index is 0.122. The average molecular weight is 634 g/mol. The van der Waals surface area contributed by atoms with Crippen LogP contribution in [-0.2, 0) is 11.3 Å². The van der Waals surface area contributed by atoms with Crippen molar-refractivity contribution in [2.45, 2.75) is 45.5 Å². The summed E-state index contributed by atoms with van der Waals surface area (Å²) in [7, 11) is 0. The highest BCUT2D eigenvalue weighted by molar-refractivity contribution is 6.31. The van der Waals surface area contributed by atoms with Crippen LogP contribution in [0.1, 0.15) is 42.6 Å². The second-order valence-corrected chi connectivity index (χ2v) is 10.9. The number of halogens is 6. The van der Waals surface area contributed by atoms with E-state index in [0.29, 0.717) is 36.9 Å². The van der Waals surface area contributed by atoms with E-state index >= 15 is 0 Å². The fourth-order valence-corrected chi connectivity index (χ4v) is 4.89. The maximum Gasteiger partial charge on any atom is 0.404 e. The lowest BCUT2D eigenvalue weighted by molar-refractivity contribution is -0.138. The minimum atomic E-state index is -4.25. The molecule has 0 aliphatic carbocycles. The van der Waals surface area contributed by atoms with E-state index in [1.165, 1.54) is 18.2 Å². The standard InChI is InChI=1S/C28H33ClF5N5O4/c1-16(13-17(2)36-27(42)43)25(40)35-15-18-3-5-20(24(31)23(18)30)26(41)37-21-6-4-19(29)14-22(21)39-11-9-38(10-12-39)8-7-28(32,33)34/h3-6,14,16-17,36H,7-13,15H2,1-2H3,(H,35,40)(H,37,41)(H,42,43). The second-order valence-electron chi connectivity index (χ2n) is 10.4. The summed E-state index contributed by atoms with van der Waals surface area (Å²) in [5.74, 6) is -4.76. The Bertz CT molecular complexity index is 1320. The van der Waals surface area contributed by atoms with Gasteiger partial charge in [-0.25, -0.2) is 13.6 Å². The Morgan fingerprint density at radius 2 is 1.70 bits per heavy atom. The maximum atomic E-state index is 15.0. The van der Waals surface area contributed by atoms with E-state index < -0.39 is 59.7 Å². The van der Waals surface area contributed by atoms with E-state index in [4.69, 9.17) is 16.7 Å². The molecule has 236 valence electrons. The fourth-order valence-electron chi connectivity index (χ4n) is 4.72. The first-order valence-electron chi connectivity index (χ1n) is 13.5. The lowest BCUT2D eigenvalue weighted by Gasteiger charge is -2.37. The number of amides is 3. The van der Waals surface area contributed by atoms with Gasteiger partial charge in [0, 0.05) is 61.8 Å². The monoisotopic (exact) mass is 633 g/mol. The number of hydrogen-bond acceptors (Lipinski definition) is 5. The number of piperazine rings is 1. The Balaban J connectivity index is 1.64. The van der Waals surface area contributed by atoms with Gasteiger partial charge in [0.1, 0.15) is 0 Å². The molecule has 0 saturated carbocycles. The van der Waals surface area contributed by atoms with Crippen LogP contribution in [0.5, 0.6) is 0 Å². The Morgan fingerprint density at radius 1 is 1.02 bits per heavy atom. The molecule has 3 amide bonds. The molecule has 9 nitrogen and oxygen atoms in total. The van der Waals surface area contributed by atoms with Crippen molar-refractivity contribution in [3.63, 3.8) is 0 Å². The van der Waals surface area contributed by atoms with Gasteiger partial charge in [-0.3, -0.25) is 14.5 Å². The molecule has 1 saturated heterocycles. The molecule has 2 atom stereocenters. The van der Waals surface area contributed by atoms with Crippen LogP contribution < -0.4 is 20.9 Å². The number of rotatable bonds is 11. The first-order valence-corrected chi connectivity index (χ1v) is 13.9. The van der Waals surface area contributed by atoms with Gasteiger partial charge in [0.2, 0.25) is 5.91 Å². The molecule has 0 radical (unpaired) electrons. The quantitative estimate of drug-likeness (QED) is 0.252. The minimum Gasteiger partial charge on any atom is -0.465 e. The lowest BCUT2D eigenvalue weighted by Crippen LogP contribution is -2.47. The molecule has 1 aliphatic heterocycles. The van der Waals surface area contributed by atoms with Crippen LogP contribution in [0.25, 0.3) is 0 Å². The number of carbonyl (C=O) groups excluding carboxylic acids is 2. The molecule has 0 aromatic heterocycles. The molecule has 4 N–H and O–H groups in total. The van der Waals surface area contributed by atoms with E-state index in [0.717, 1.165) is 6.07 Å². The Labute approximate surface area is 250 Å². The topological polar surface area (TPSA) is 114 Å². The molecular weight excluding hydrogens is 601 g/mol. The van der Waals surface area contributed by atoms with Gasteiger partial charge >= 0.3 is 12.3 Å². The molecule has 0 spiro atoms. The maximum absolute atomic E-state index is 15.0. The van der Waals surface area contributed by atoms with Gasteiger partial charge in [-0.15, -0.1) is 0 Å². The third-order valence-corrected chi connectivity index (χ3v) is 7.25. The van der Waals surface area contributed by atoms with Gasteiger partial charge in [0.15, 0.2) is 11.6 Å². The first-order chi connectivity index (χ1) is 20.1. The Morgan fingerprint density at radius 3 is 2.33 bits per heavy atom. The van der Waals surface area contributed by atoms with Crippen molar-refractivity contribution in [2.24, 2.45) is 5.92 Å². The van der Waals surface area contributed by atoms with Crippen molar-refractivity contribution >= 4 is 40.9 Å². The Kier molecular flexibility index (Phi) is 11.6. The number of benzene rings is 2. The van der Waals surface area contributed by atoms with Gasteiger partial charge in [-0.05, 0) is 37.6 Å². The van der Waals surface area contributed by atoms with Gasteiger partial charge in [0.05, 0.1) is 23.4 Å². The summed E-state index contributed by atoms with van der Waals surface area (Å²) in [6, 6.07) is 6.34. The lowest BCUT2D eigenvalue weighted by atomic mass is 10.0. The highest BCUT2D eigenvalue weighted by Crippen LogP contribution is 2.31. The first kappa shape index (κ1) is 33.8. The van der Waals surface area contributed by atoms with Gasteiger partial charge in [-0.2, -0.15) is 13.2 Å². The van der Waals surface area contributed by atoms with Gasteiger partial charge in [-0.1, -0.05) is 24.6 Å². The summed E-state index contributed by atoms with van der Waals surface area (Å²) in [5, 5.41) is 16.4. The molecule has 2 aromatic carbocycles. The predicted octanol–water partition coefficient (Wildman–Crippen LogP) is 5.24. The molecule has 1 heterocycles. The zero-order chi connectivity index (χ0) is 31.9. The number of carboxylic acid groups (broad SMARTS) is 1. The zero-order valence-electron chi connectivity index (χ0n) is 23.5. The van der Waals surface area contributed by atoms with Crippen molar-refractivity contribution in [1.29, 1.82) is 0 Å². The number of hydrogen-bond donors (Lipinski definition) is 4. The van der Waals surface area contributed by atoms with Crippen molar-refractivity contribution in [3.05, 3.63) is 58.1 Å². The van der Waals surface area contributed by atoms with Crippen LogP contribution in [0.15, 0.2) is 30.3 Å². The summed E-state index contributed by atoms with van der Waals surface area (Å²) in [4.78, 5) is 39.6. The van der Waals surface area contributed by atoms with Gasteiger partial charge < -0.3 is 26.0 Å². The SMILES string of the molecule is CC(CC(C)C(=O)NCc1ccc(C(=O)Nc2ccc(Cl)cc2N2CCN(CCC(F)(F)F)CC2)c(F)c1F)NC(=O)O. The third kappa shape index (κ3) is 9.95. The molecule has 43 heavy (non-hydrogen) atoms. The molecule has 1 fully saturated rings. The van der Waals surface area contributed by atoms with E-state index in [2.05, 4.69) is 16.0 Å². The highest BCUT2D eigenvalue weighted by atomic mass is 35.5. The van der Waals surface area contributed by atoms with E-state index in [1.54, 1.807) is 24.8 Å². The van der Waals surface area contributed by atoms with Crippen molar-refractivity contribution in [3.8, 4) is 0 Å². The highest BCUT2D eigenvalue weighted by Gasteiger charge is 2.29. The van der Waals surface area contributed by atoms with Crippen molar-refractivity contribution < 1.29 is 41.4 Å². The summed E-state index contributed by atoms with van der Waals surface area (Å²) in [5.41, 5.74) is -0.0253. The summed E-state index contributed by atoms with van der Waals surface area (Å²) in [6.45, 7) is 4.10. The molecule has 15 heteroatoms. The summed E-state index contributed by atoms with van der Waals surface area (Å²) >= 11 is 6.16. The molecule has 3 rings (SSSR count). The van der Waals surface area contributed by atoms with E-state index in [-0.39, 0.29) is 30.8 Å². The predicted molar refractivity (Wildman–Crippen MR) is 151 cm³/mol. The largest absolute Gasteiger partial charge is 0.465 e. The van der Waals surface area contributed by atoms with Crippen molar-refractivity contribution in [2.75, 3.05) is 42.9 Å². The number of nitrogens with one attached hydrogen (secondary N) is 3. The van der Waals surface area contributed by atoms with Crippen LogP contribution in [0.4, 0.5) is 38.1 Å². The normalized spacial score (nSPS) is 15.5.